The second-order valence-corrected chi connectivity index (χ2v) is 7.23. The smallest absolute Gasteiger partial charge is 0.277 e. The molecule has 0 saturated carbocycles. The molecular formula is C19H22ClN5O2S. The number of para-hydroxylation sites is 1. The van der Waals surface area contributed by atoms with Crippen molar-refractivity contribution >= 4 is 34.8 Å². The van der Waals surface area contributed by atoms with E-state index in [9.17, 15) is 4.79 Å². The third-order valence-corrected chi connectivity index (χ3v) is 5.35. The highest BCUT2D eigenvalue weighted by atomic mass is 35.5. The summed E-state index contributed by atoms with van der Waals surface area (Å²) >= 11 is 1.38. The van der Waals surface area contributed by atoms with Crippen molar-refractivity contribution in [2.45, 2.75) is 18.9 Å². The molecule has 1 saturated heterocycles. The van der Waals surface area contributed by atoms with Gasteiger partial charge < -0.3 is 10.1 Å². The van der Waals surface area contributed by atoms with Crippen LogP contribution in [0.1, 0.15) is 29.4 Å². The van der Waals surface area contributed by atoms with E-state index in [0.717, 1.165) is 42.9 Å². The Labute approximate surface area is 173 Å². The number of ether oxygens (including phenoxy) is 1. The molecule has 0 aliphatic carbocycles. The number of benzene rings is 1. The molecule has 1 fully saturated rings. The molecule has 148 valence electrons. The van der Waals surface area contributed by atoms with Gasteiger partial charge in [0.25, 0.3) is 5.91 Å². The Morgan fingerprint density at radius 3 is 3.00 bits per heavy atom. The van der Waals surface area contributed by atoms with Crippen LogP contribution in [0.2, 0.25) is 0 Å². The third kappa shape index (κ3) is 4.35. The zero-order valence-electron chi connectivity index (χ0n) is 15.4. The van der Waals surface area contributed by atoms with E-state index in [4.69, 9.17) is 4.74 Å². The highest BCUT2D eigenvalue weighted by molar-refractivity contribution is 7.14. The first-order chi connectivity index (χ1) is 13.2. The molecule has 9 heteroatoms. The average Bonchev–Trinajstić information content (AvgIpc) is 3.38. The van der Waals surface area contributed by atoms with Gasteiger partial charge in [-0.1, -0.05) is 12.1 Å². The van der Waals surface area contributed by atoms with Crippen LogP contribution in [0.5, 0.6) is 5.75 Å². The van der Waals surface area contributed by atoms with Crippen molar-refractivity contribution < 1.29 is 9.53 Å². The van der Waals surface area contributed by atoms with Gasteiger partial charge in [-0.05, 0) is 37.6 Å². The normalized spacial score (nSPS) is 16.2. The van der Waals surface area contributed by atoms with Crippen LogP contribution >= 0.6 is 23.7 Å². The quantitative estimate of drug-likeness (QED) is 0.660. The van der Waals surface area contributed by atoms with E-state index in [2.05, 4.69) is 20.7 Å². The molecule has 3 aromatic rings. The Morgan fingerprint density at radius 2 is 2.21 bits per heavy atom. The molecule has 28 heavy (non-hydrogen) atoms. The molecule has 1 aliphatic rings. The van der Waals surface area contributed by atoms with E-state index in [1.165, 1.54) is 11.3 Å². The Bertz CT molecular complexity index is 936. The first kappa shape index (κ1) is 20.3. The predicted octanol–water partition coefficient (Wildman–Crippen LogP) is 3.61. The number of carbonyl (C=O) groups is 1. The van der Waals surface area contributed by atoms with Crippen molar-refractivity contribution in [1.29, 1.82) is 0 Å². The summed E-state index contributed by atoms with van der Waals surface area (Å²) in [6.07, 6.45) is 4.07. The largest absolute Gasteiger partial charge is 0.496 e. The molecule has 0 bridgehead atoms. The van der Waals surface area contributed by atoms with Gasteiger partial charge in [0.2, 0.25) is 0 Å². The van der Waals surface area contributed by atoms with Crippen LogP contribution in [0.15, 0.2) is 41.9 Å². The summed E-state index contributed by atoms with van der Waals surface area (Å²) in [5.41, 5.74) is 2.06. The number of hydrogen-bond acceptors (Lipinski definition) is 6. The van der Waals surface area contributed by atoms with Crippen LogP contribution in [0.25, 0.3) is 11.3 Å². The molecule has 0 radical (unpaired) electrons. The Hall–Kier alpha value is -2.42. The molecule has 2 N–H and O–H groups in total. The second kappa shape index (κ2) is 9.18. The lowest BCUT2D eigenvalue weighted by Crippen LogP contribution is -2.32. The lowest BCUT2D eigenvalue weighted by Gasteiger charge is -2.22. The average molecular weight is 420 g/mol. The summed E-state index contributed by atoms with van der Waals surface area (Å²) in [5, 5.41) is 13.1. The van der Waals surface area contributed by atoms with Crippen molar-refractivity contribution in [3.63, 3.8) is 0 Å². The van der Waals surface area contributed by atoms with Gasteiger partial charge in [0, 0.05) is 23.7 Å². The first-order valence-electron chi connectivity index (χ1n) is 8.91. The van der Waals surface area contributed by atoms with Gasteiger partial charge in [0.05, 0.1) is 18.8 Å². The first-order valence-corrected chi connectivity index (χ1v) is 9.78. The Kier molecular flexibility index (Phi) is 6.66. The number of nitrogens with one attached hydrogen (secondary N) is 2. The zero-order valence-corrected chi connectivity index (χ0v) is 17.1. The molecule has 1 atom stereocenters. The number of carbonyl (C=O) groups excluding carboxylic acids is 1. The second-order valence-electron chi connectivity index (χ2n) is 6.37. The van der Waals surface area contributed by atoms with Crippen molar-refractivity contribution in [3.05, 3.63) is 47.6 Å². The van der Waals surface area contributed by atoms with E-state index in [0.29, 0.717) is 16.9 Å². The summed E-state index contributed by atoms with van der Waals surface area (Å²) < 4.78 is 7.26. The molecule has 0 spiro atoms. The van der Waals surface area contributed by atoms with Crippen molar-refractivity contribution in [3.8, 4) is 17.0 Å². The minimum atomic E-state index is -0.251. The SMILES string of the molecule is COc1ccccc1-c1csc(NC(=O)c2ccn(C3CCCNC3)n2)n1.Cl. The van der Waals surface area contributed by atoms with Crippen molar-refractivity contribution in [2.24, 2.45) is 0 Å². The fraction of sp³-hybridized carbons (Fsp3) is 0.316. The highest BCUT2D eigenvalue weighted by Gasteiger charge is 2.18. The summed E-state index contributed by atoms with van der Waals surface area (Å²) in [5.74, 6) is 0.499. The van der Waals surface area contributed by atoms with Crippen LogP contribution in [0.3, 0.4) is 0 Å². The minimum absolute atomic E-state index is 0. The number of rotatable bonds is 5. The van der Waals surface area contributed by atoms with Gasteiger partial charge in [0.15, 0.2) is 10.8 Å². The molecule has 1 amide bonds. The van der Waals surface area contributed by atoms with Crippen LogP contribution in [-0.4, -0.2) is 40.9 Å². The molecule has 4 rings (SSSR count). The molecule has 2 aromatic heterocycles. The van der Waals surface area contributed by atoms with Crippen molar-refractivity contribution in [2.75, 3.05) is 25.5 Å². The van der Waals surface area contributed by atoms with Gasteiger partial charge in [-0.15, -0.1) is 23.7 Å². The van der Waals surface area contributed by atoms with E-state index in [1.807, 2.05) is 40.5 Å². The lowest BCUT2D eigenvalue weighted by atomic mass is 10.1. The van der Waals surface area contributed by atoms with Crippen LogP contribution in [-0.2, 0) is 0 Å². The number of methoxy groups -OCH3 is 1. The van der Waals surface area contributed by atoms with Gasteiger partial charge in [-0.2, -0.15) is 5.10 Å². The van der Waals surface area contributed by atoms with Crippen LogP contribution in [0, 0.1) is 0 Å². The van der Waals surface area contributed by atoms with Crippen LogP contribution in [0.4, 0.5) is 5.13 Å². The number of piperidine rings is 1. The summed E-state index contributed by atoms with van der Waals surface area (Å²) in [6.45, 7) is 1.93. The lowest BCUT2D eigenvalue weighted by molar-refractivity contribution is 0.102. The third-order valence-electron chi connectivity index (χ3n) is 4.59. The topological polar surface area (TPSA) is 81.1 Å². The maximum Gasteiger partial charge on any atom is 0.277 e. The van der Waals surface area contributed by atoms with Gasteiger partial charge in [-0.3, -0.25) is 14.8 Å². The molecule has 3 heterocycles. The summed E-state index contributed by atoms with van der Waals surface area (Å²) in [7, 11) is 1.63. The highest BCUT2D eigenvalue weighted by Crippen LogP contribution is 2.32. The summed E-state index contributed by atoms with van der Waals surface area (Å²) in [6, 6.07) is 9.73. The van der Waals surface area contributed by atoms with E-state index in [-0.39, 0.29) is 18.3 Å². The van der Waals surface area contributed by atoms with E-state index in [1.54, 1.807) is 13.2 Å². The number of hydrogen-bond donors (Lipinski definition) is 2. The van der Waals surface area contributed by atoms with Crippen LogP contribution < -0.4 is 15.4 Å². The molecule has 7 nitrogen and oxygen atoms in total. The minimum Gasteiger partial charge on any atom is -0.496 e. The number of thiazole rings is 1. The molecular weight excluding hydrogens is 398 g/mol. The fourth-order valence-electron chi connectivity index (χ4n) is 3.19. The standard InChI is InChI=1S/C19H21N5O2S.ClH/c1-26-17-7-3-2-6-14(17)16-12-27-19(21-16)22-18(25)15-8-10-24(23-15)13-5-4-9-20-11-13;/h2-3,6-8,10,12-13,20H,4-5,9,11H2,1H3,(H,21,22,25);1H. The van der Waals surface area contributed by atoms with Gasteiger partial charge >= 0.3 is 0 Å². The summed E-state index contributed by atoms with van der Waals surface area (Å²) in [4.78, 5) is 17.0. The number of aromatic nitrogens is 3. The molecule has 1 aromatic carbocycles. The number of amides is 1. The van der Waals surface area contributed by atoms with Crippen molar-refractivity contribution in [1.82, 2.24) is 20.1 Å². The van der Waals surface area contributed by atoms with E-state index < -0.39 is 0 Å². The zero-order chi connectivity index (χ0) is 18.6. The maximum atomic E-state index is 12.5. The van der Waals surface area contributed by atoms with Gasteiger partial charge in [0.1, 0.15) is 5.75 Å². The van der Waals surface area contributed by atoms with Gasteiger partial charge in [-0.25, -0.2) is 4.98 Å². The predicted molar refractivity (Wildman–Crippen MR) is 113 cm³/mol. The Balaban J connectivity index is 0.00000225. The number of anilines is 1. The number of nitrogens with zero attached hydrogens (tertiary/aromatic N) is 3. The molecule has 1 aliphatic heterocycles. The van der Waals surface area contributed by atoms with E-state index >= 15 is 0 Å². The Morgan fingerprint density at radius 1 is 1.36 bits per heavy atom. The monoisotopic (exact) mass is 419 g/mol. The number of halogens is 1. The maximum absolute atomic E-state index is 12.5. The fourth-order valence-corrected chi connectivity index (χ4v) is 3.90. The molecule has 1 unspecified atom stereocenters.